The minimum atomic E-state index is -4.40. The Bertz CT molecular complexity index is 342. The number of hydrogen-bond donors (Lipinski definition) is 1. The summed E-state index contributed by atoms with van der Waals surface area (Å²) in [7, 11) is 1.61. The van der Waals surface area contributed by atoms with Gasteiger partial charge in [-0.1, -0.05) is 6.07 Å². The molecule has 1 rings (SSSR count). The Hall–Kier alpha value is -1.30. The van der Waals surface area contributed by atoms with Gasteiger partial charge in [-0.3, -0.25) is 0 Å². The van der Waals surface area contributed by atoms with Gasteiger partial charge >= 0.3 is 6.18 Å². The van der Waals surface area contributed by atoms with Crippen LogP contribution in [0.5, 0.6) is 0 Å². The normalized spacial score (nSPS) is 11.5. The van der Waals surface area contributed by atoms with E-state index in [0.29, 0.717) is 13.2 Å². The third kappa shape index (κ3) is 5.04. The average Bonchev–Trinajstić information content (AvgIpc) is 2.28. The number of unbranched alkanes of at least 4 members (excludes halogenated alkanes) is 1. The second-order valence-corrected chi connectivity index (χ2v) is 3.53. The number of halogens is 3. The van der Waals surface area contributed by atoms with Gasteiger partial charge in [-0.15, -0.1) is 0 Å². The molecule has 6 heteroatoms. The van der Waals surface area contributed by atoms with Crippen LogP contribution in [0.1, 0.15) is 18.5 Å². The van der Waals surface area contributed by atoms with Crippen molar-refractivity contribution in [3.8, 4) is 0 Å². The molecule has 0 aliphatic heterocycles. The van der Waals surface area contributed by atoms with E-state index >= 15 is 0 Å². The summed E-state index contributed by atoms with van der Waals surface area (Å²) in [4.78, 5) is 3.49. The van der Waals surface area contributed by atoms with Crippen molar-refractivity contribution in [3.05, 3.63) is 23.9 Å². The lowest BCUT2D eigenvalue weighted by molar-refractivity contribution is -0.141. The van der Waals surface area contributed by atoms with E-state index < -0.39 is 11.9 Å². The van der Waals surface area contributed by atoms with Gasteiger partial charge in [0, 0.05) is 20.3 Å². The van der Waals surface area contributed by atoms with E-state index in [9.17, 15) is 13.2 Å². The maximum Gasteiger partial charge on any atom is 0.433 e. The minimum Gasteiger partial charge on any atom is -0.385 e. The Morgan fingerprint density at radius 1 is 1.29 bits per heavy atom. The molecule has 0 aliphatic carbocycles. The third-order valence-corrected chi connectivity index (χ3v) is 2.12. The molecule has 0 unspecified atom stereocenters. The Morgan fingerprint density at radius 2 is 2.06 bits per heavy atom. The molecule has 0 saturated carbocycles. The predicted octanol–water partition coefficient (Wildman–Crippen LogP) is 2.94. The molecule has 0 aromatic carbocycles. The summed E-state index contributed by atoms with van der Waals surface area (Å²) < 4.78 is 41.9. The van der Waals surface area contributed by atoms with Crippen molar-refractivity contribution >= 4 is 5.82 Å². The van der Waals surface area contributed by atoms with Crippen LogP contribution in [0.3, 0.4) is 0 Å². The van der Waals surface area contributed by atoms with E-state index in [1.165, 1.54) is 12.1 Å². The predicted molar refractivity (Wildman–Crippen MR) is 58.8 cm³/mol. The average molecular weight is 248 g/mol. The Morgan fingerprint density at radius 3 is 2.71 bits per heavy atom. The Kier molecular flexibility index (Phi) is 5.21. The molecule has 0 atom stereocenters. The van der Waals surface area contributed by atoms with E-state index in [0.717, 1.165) is 18.9 Å². The molecule has 96 valence electrons. The fraction of sp³-hybridized carbons (Fsp3) is 0.545. The summed E-state index contributed by atoms with van der Waals surface area (Å²) >= 11 is 0. The van der Waals surface area contributed by atoms with E-state index in [4.69, 9.17) is 4.74 Å². The summed E-state index contributed by atoms with van der Waals surface area (Å²) in [6.45, 7) is 1.23. The number of nitrogens with one attached hydrogen (secondary N) is 1. The number of ether oxygens (including phenoxy) is 1. The van der Waals surface area contributed by atoms with Crippen LogP contribution in [0.15, 0.2) is 18.2 Å². The van der Waals surface area contributed by atoms with Crippen molar-refractivity contribution < 1.29 is 17.9 Å². The zero-order valence-corrected chi connectivity index (χ0v) is 9.55. The van der Waals surface area contributed by atoms with Crippen LogP contribution in [0, 0.1) is 0 Å². The number of methoxy groups -OCH3 is 1. The van der Waals surface area contributed by atoms with Gasteiger partial charge < -0.3 is 10.1 Å². The van der Waals surface area contributed by atoms with Crippen LogP contribution in [0.2, 0.25) is 0 Å². The van der Waals surface area contributed by atoms with Crippen molar-refractivity contribution in [2.75, 3.05) is 25.6 Å². The minimum absolute atomic E-state index is 0.247. The summed E-state index contributed by atoms with van der Waals surface area (Å²) in [5.74, 6) is 0.247. The highest BCUT2D eigenvalue weighted by molar-refractivity contribution is 5.35. The Labute approximate surface area is 98.0 Å². The largest absolute Gasteiger partial charge is 0.433 e. The second kappa shape index (κ2) is 6.44. The fourth-order valence-electron chi connectivity index (χ4n) is 1.28. The van der Waals surface area contributed by atoms with Gasteiger partial charge in [0.1, 0.15) is 11.5 Å². The number of nitrogens with zero attached hydrogens (tertiary/aromatic N) is 1. The molecule has 1 aromatic rings. The van der Waals surface area contributed by atoms with Gasteiger partial charge in [0.05, 0.1) is 0 Å². The van der Waals surface area contributed by atoms with Crippen LogP contribution in [0.25, 0.3) is 0 Å². The lowest BCUT2D eigenvalue weighted by Gasteiger charge is -2.09. The summed E-state index contributed by atoms with van der Waals surface area (Å²) in [6, 6.07) is 3.81. The number of anilines is 1. The van der Waals surface area contributed by atoms with Crippen LogP contribution < -0.4 is 5.32 Å². The second-order valence-electron chi connectivity index (χ2n) is 3.53. The zero-order chi connectivity index (χ0) is 12.7. The van der Waals surface area contributed by atoms with Gasteiger partial charge in [0.25, 0.3) is 0 Å². The standard InChI is InChI=1S/C11H15F3N2O/c1-17-8-3-2-7-15-10-6-4-5-9(16-10)11(12,13)14/h4-6H,2-3,7-8H2,1H3,(H,15,16). The summed E-state index contributed by atoms with van der Waals surface area (Å²) in [5.41, 5.74) is -0.876. The highest BCUT2D eigenvalue weighted by atomic mass is 19.4. The maximum atomic E-state index is 12.3. The number of aromatic nitrogens is 1. The lowest BCUT2D eigenvalue weighted by Crippen LogP contribution is -2.11. The van der Waals surface area contributed by atoms with Crippen molar-refractivity contribution in [1.82, 2.24) is 4.98 Å². The molecule has 3 nitrogen and oxygen atoms in total. The maximum absolute atomic E-state index is 12.3. The van der Waals surface area contributed by atoms with Crippen LogP contribution >= 0.6 is 0 Å². The SMILES string of the molecule is COCCCCNc1cccc(C(F)(F)F)n1. The first-order valence-electron chi connectivity index (χ1n) is 5.31. The van der Waals surface area contributed by atoms with E-state index in [-0.39, 0.29) is 5.82 Å². The van der Waals surface area contributed by atoms with Crippen molar-refractivity contribution in [3.63, 3.8) is 0 Å². The molecule has 1 heterocycles. The number of hydrogen-bond acceptors (Lipinski definition) is 3. The molecule has 1 N–H and O–H groups in total. The van der Waals surface area contributed by atoms with Gasteiger partial charge in [-0.05, 0) is 25.0 Å². The van der Waals surface area contributed by atoms with Crippen LogP contribution in [0.4, 0.5) is 19.0 Å². The van der Waals surface area contributed by atoms with Crippen molar-refractivity contribution in [1.29, 1.82) is 0 Å². The van der Waals surface area contributed by atoms with E-state index in [2.05, 4.69) is 10.3 Å². The molecule has 0 bridgehead atoms. The summed E-state index contributed by atoms with van der Waals surface area (Å²) in [5, 5.41) is 2.85. The van der Waals surface area contributed by atoms with Crippen molar-refractivity contribution in [2.24, 2.45) is 0 Å². The molecule has 0 spiro atoms. The lowest BCUT2D eigenvalue weighted by atomic mass is 10.3. The van der Waals surface area contributed by atoms with E-state index in [1.807, 2.05) is 0 Å². The molecule has 1 aromatic heterocycles. The molecule has 0 amide bonds. The quantitative estimate of drug-likeness (QED) is 0.786. The first-order chi connectivity index (χ1) is 8.04. The first-order valence-corrected chi connectivity index (χ1v) is 5.31. The molecule has 17 heavy (non-hydrogen) atoms. The van der Waals surface area contributed by atoms with Gasteiger partial charge in [0.2, 0.25) is 0 Å². The van der Waals surface area contributed by atoms with Gasteiger partial charge in [-0.2, -0.15) is 13.2 Å². The number of pyridine rings is 1. The summed E-state index contributed by atoms with van der Waals surface area (Å²) in [6.07, 6.45) is -2.71. The first kappa shape index (κ1) is 13.8. The van der Waals surface area contributed by atoms with Gasteiger partial charge in [0.15, 0.2) is 0 Å². The third-order valence-electron chi connectivity index (χ3n) is 2.12. The fourth-order valence-corrected chi connectivity index (χ4v) is 1.28. The molecule has 0 fully saturated rings. The smallest absolute Gasteiger partial charge is 0.385 e. The topological polar surface area (TPSA) is 34.1 Å². The van der Waals surface area contributed by atoms with Crippen LogP contribution in [-0.2, 0) is 10.9 Å². The van der Waals surface area contributed by atoms with Crippen molar-refractivity contribution in [2.45, 2.75) is 19.0 Å². The molecular formula is C11H15F3N2O. The van der Waals surface area contributed by atoms with E-state index in [1.54, 1.807) is 7.11 Å². The molecular weight excluding hydrogens is 233 g/mol. The highest BCUT2D eigenvalue weighted by Crippen LogP contribution is 2.28. The molecule has 0 saturated heterocycles. The number of alkyl halides is 3. The highest BCUT2D eigenvalue weighted by Gasteiger charge is 2.32. The number of rotatable bonds is 6. The molecule has 0 aliphatic rings. The zero-order valence-electron chi connectivity index (χ0n) is 9.55. The van der Waals surface area contributed by atoms with Crippen LogP contribution in [-0.4, -0.2) is 25.2 Å². The monoisotopic (exact) mass is 248 g/mol. The molecule has 0 radical (unpaired) electrons. The Balaban J connectivity index is 2.44. The van der Waals surface area contributed by atoms with Gasteiger partial charge in [-0.25, -0.2) is 4.98 Å².